The third-order valence-electron chi connectivity index (χ3n) is 1.57. The Morgan fingerprint density at radius 3 is 2.80 bits per heavy atom. The molecule has 1 aromatic heterocycles. The quantitative estimate of drug-likeness (QED) is 0.802. The predicted molar refractivity (Wildman–Crippen MR) is 56.4 cm³/mol. The summed E-state index contributed by atoms with van der Waals surface area (Å²) in [5, 5.41) is 0. The molecule has 0 atom stereocenters. The normalized spacial score (nSPS) is 10.4. The number of halogens is 2. The van der Waals surface area contributed by atoms with Gasteiger partial charge in [0.2, 0.25) is 5.88 Å². The molecule has 0 fully saturated rings. The van der Waals surface area contributed by atoms with Crippen LogP contribution in [-0.2, 0) is 0 Å². The van der Waals surface area contributed by atoms with E-state index in [1.807, 2.05) is 0 Å². The number of nitrogens with two attached hydrogens (primary N) is 1. The topological polar surface area (TPSA) is 48.1 Å². The van der Waals surface area contributed by atoms with Crippen LogP contribution >= 0.6 is 12.2 Å². The largest absolute Gasteiger partial charge is 0.472 e. The Hall–Kier alpha value is -1.30. The molecule has 82 valence electrons. The molecule has 0 aliphatic carbocycles. The van der Waals surface area contributed by atoms with Crippen molar-refractivity contribution < 1.29 is 13.5 Å². The SMILES string of the molecule is Cc1cc(C(N)=S)cc(OCC(F)F)n1. The highest BCUT2D eigenvalue weighted by atomic mass is 32.1. The molecule has 0 saturated carbocycles. The number of pyridine rings is 1. The lowest BCUT2D eigenvalue weighted by atomic mass is 10.2. The molecule has 0 saturated heterocycles. The Bertz CT molecular complexity index is 371. The Morgan fingerprint density at radius 1 is 1.60 bits per heavy atom. The van der Waals surface area contributed by atoms with Crippen LogP contribution in [0, 0.1) is 6.92 Å². The van der Waals surface area contributed by atoms with E-state index >= 15 is 0 Å². The second-order valence-corrected chi connectivity index (χ2v) is 3.34. The van der Waals surface area contributed by atoms with Crippen molar-refractivity contribution in [3.63, 3.8) is 0 Å². The molecule has 1 aromatic rings. The van der Waals surface area contributed by atoms with E-state index in [1.54, 1.807) is 13.0 Å². The van der Waals surface area contributed by atoms with Gasteiger partial charge in [-0.1, -0.05) is 12.2 Å². The Labute approximate surface area is 91.3 Å². The summed E-state index contributed by atoms with van der Waals surface area (Å²) in [5.74, 6) is 0.109. The molecule has 15 heavy (non-hydrogen) atoms. The molecule has 0 aliphatic heterocycles. The average Bonchev–Trinajstić information content (AvgIpc) is 2.13. The van der Waals surface area contributed by atoms with Gasteiger partial charge in [-0.15, -0.1) is 0 Å². The predicted octanol–water partition coefficient (Wildman–Crippen LogP) is 1.67. The van der Waals surface area contributed by atoms with Gasteiger partial charge in [0, 0.05) is 17.3 Å². The number of nitrogens with zero attached hydrogens (tertiary/aromatic N) is 1. The fourth-order valence-electron chi connectivity index (χ4n) is 1.00. The van der Waals surface area contributed by atoms with Gasteiger partial charge in [-0.2, -0.15) is 0 Å². The van der Waals surface area contributed by atoms with E-state index in [4.69, 9.17) is 22.7 Å². The van der Waals surface area contributed by atoms with Crippen LogP contribution in [0.2, 0.25) is 0 Å². The van der Waals surface area contributed by atoms with Crippen LogP contribution in [0.25, 0.3) is 0 Å². The number of rotatable bonds is 4. The zero-order chi connectivity index (χ0) is 11.4. The molecule has 0 bridgehead atoms. The fraction of sp³-hybridized carbons (Fsp3) is 0.333. The number of aryl methyl sites for hydroxylation is 1. The summed E-state index contributed by atoms with van der Waals surface area (Å²) in [6.07, 6.45) is -2.53. The highest BCUT2D eigenvalue weighted by Gasteiger charge is 2.07. The highest BCUT2D eigenvalue weighted by molar-refractivity contribution is 7.80. The van der Waals surface area contributed by atoms with Gasteiger partial charge in [0.15, 0.2) is 6.61 Å². The Kier molecular flexibility index (Phi) is 3.90. The molecule has 2 N–H and O–H groups in total. The highest BCUT2D eigenvalue weighted by Crippen LogP contribution is 2.13. The zero-order valence-corrected chi connectivity index (χ0v) is 8.85. The monoisotopic (exact) mass is 232 g/mol. The lowest BCUT2D eigenvalue weighted by Crippen LogP contribution is -2.12. The minimum atomic E-state index is -2.53. The first-order chi connectivity index (χ1) is 6.99. The van der Waals surface area contributed by atoms with Crippen molar-refractivity contribution in [2.45, 2.75) is 13.3 Å². The van der Waals surface area contributed by atoms with Crippen molar-refractivity contribution in [2.24, 2.45) is 5.73 Å². The van der Waals surface area contributed by atoms with Crippen molar-refractivity contribution >= 4 is 17.2 Å². The molecule has 0 radical (unpaired) electrons. The first-order valence-corrected chi connectivity index (χ1v) is 4.59. The van der Waals surface area contributed by atoms with Gasteiger partial charge in [-0.05, 0) is 13.0 Å². The van der Waals surface area contributed by atoms with Gasteiger partial charge in [-0.25, -0.2) is 13.8 Å². The molecule has 0 aromatic carbocycles. The van der Waals surface area contributed by atoms with Crippen molar-refractivity contribution in [1.82, 2.24) is 4.98 Å². The van der Waals surface area contributed by atoms with Crippen LogP contribution in [0.15, 0.2) is 12.1 Å². The van der Waals surface area contributed by atoms with Gasteiger partial charge < -0.3 is 10.5 Å². The Morgan fingerprint density at radius 2 is 2.27 bits per heavy atom. The number of ether oxygens (including phenoxy) is 1. The van der Waals surface area contributed by atoms with Crippen LogP contribution in [-0.4, -0.2) is 23.0 Å². The number of thiocarbonyl (C=S) groups is 1. The summed E-state index contributed by atoms with van der Waals surface area (Å²) < 4.78 is 28.5. The molecule has 0 spiro atoms. The standard InChI is InChI=1S/C9H10F2N2OS/c1-5-2-6(9(12)15)3-8(13-5)14-4-7(10)11/h2-3,7H,4H2,1H3,(H2,12,15). The minimum absolute atomic E-state index is 0.109. The van der Waals surface area contributed by atoms with E-state index in [1.165, 1.54) is 6.07 Å². The fourth-order valence-corrected chi connectivity index (χ4v) is 1.12. The van der Waals surface area contributed by atoms with Crippen molar-refractivity contribution in [3.05, 3.63) is 23.4 Å². The van der Waals surface area contributed by atoms with Gasteiger partial charge in [-0.3, -0.25) is 0 Å². The van der Waals surface area contributed by atoms with E-state index < -0.39 is 13.0 Å². The maximum atomic E-state index is 11.9. The molecule has 3 nitrogen and oxygen atoms in total. The molecular weight excluding hydrogens is 222 g/mol. The third kappa shape index (κ3) is 3.75. The summed E-state index contributed by atoms with van der Waals surface area (Å²) in [7, 11) is 0. The zero-order valence-electron chi connectivity index (χ0n) is 8.04. The van der Waals surface area contributed by atoms with Gasteiger partial charge in [0.1, 0.15) is 4.99 Å². The smallest absolute Gasteiger partial charge is 0.272 e. The lowest BCUT2D eigenvalue weighted by Gasteiger charge is -2.07. The van der Waals surface area contributed by atoms with Crippen LogP contribution in [0.3, 0.4) is 0 Å². The second kappa shape index (κ2) is 4.97. The molecule has 0 aliphatic rings. The average molecular weight is 232 g/mol. The maximum absolute atomic E-state index is 11.9. The number of hydrogen-bond acceptors (Lipinski definition) is 3. The van der Waals surface area contributed by atoms with Crippen LogP contribution < -0.4 is 10.5 Å². The van der Waals surface area contributed by atoms with Gasteiger partial charge in [0.05, 0.1) is 0 Å². The van der Waals surface area contributed by atoms with E-state index in [0.29, 0.717) is 11.3 Å². The molecule has 0 amide bonds. The molecule has 1 rings (SSSR count). The van der Waals surface area contributed by atoms with Crippen LogP contribution in [0.4, 0.5) is 8.78 Å². The molecule has 0 unspecified atom stereocenters. The Balaban J connectivity index is 2.84. The number of hydrogen-bond donors (Lipinski definition) is 1. The van der Waals surface area contributed by atoms with E-state index in [9.17, 15) is 8.78 Å². The van der Waals surface area contributed by atoms with Crippen molar-refractivity contribution in [1.29, 1.82) is 0 Å². The third-order valence-corrected chi connectivity index (χ3v) is 1.81. The number of alkyl halides is 2. The van der Waals surface area contributed by atoms with E-state index in [-0.39, 0.29) is 10.9 Å². The minimum Gasteiger partial charge on any atom is -0.472 e. The summed E-state index contributed by atoms with van der Waals surface area (Å²) in [6.45, 7) is 1.02. The summed E-state index contributed by atoms with van der Waals surface area (Å²) in [6, 6.07) is 3.11. The van der Waals surface area contributed by atoms with E-state index in [2.05, 4.69) is 4.98 Å². The summed E-state index contributed by atoms with van der Waals surface area (Å²) in [5.41, 5.74) is 6.58. The molecule has 6 heteroatoms. The van der Waals surface area contributed by atoms with Crippen LogP contribution in [0.1, 0.15) is 11.3 Å². The molecular formula is C9H10F2N2OS. The second-order valence-electron chi connectivity index (χ2n) is 2.90. The first-order valence-electron chi connectivity index (χ1n) is 4.18. The molecule has 1 heterocycles. The maximum Gasteiger partial charge on any atom is 0.272 e. The number of aromatic nitrogens is 1. The van der Waals surface area contributed by atoms with Crippen molar-refractivity contribution in [3.8, 4) is 5.88 Å². The van der Waals surface area contributed by atoms with Gasteiger partial charge >= 0.3 is 0 Å². The lowest BCUT2D eigenvalue weighted by molar-refractivity contribution is 0.0795. The van der Waals surface area contributed by atoms with Crippen LogP contribution in [0.5, 0.6) is 5.88 Å². The summed E-state index contributed by atoms with van der Waals surface area (Å²) >= 11 is 4.76. The first kappa shape index (κ1) is 11.8. The summed E-state index contributed by atoms with van der Waals surface area (Å²) in [4.78, 5) is 4.10. The van der Waals surface area contributed by atoms with E-state index in [0.717, 1.165) is 0 Å². The van der Waals surface area contributed by atoms with Crippen molar-refractivity contribution in [2.75, 3.05) is 6.61 Å². The van der Waals surface area contributed by atoms with Gasteiger partial charge in [0.25, 0.3) is 6.43 Å².